The van der Waals surface area contributed by atoms with E-state index in [1.807, 2.05) is 109 Å². The highest BCUT2D eigenvalue weighted by molar-refractivity contribution is 6.30. The second-order valence-electron chi connectivity index (χ2n) is 34.6. The van der Waals surface area contributed by atoms with Crippen molar-refractivity contribution in [3.05, 3.63) is 455 Å². The number of para-hydroxylation sites is 3. The Morgan fingerprint density at radius 1 is 0.109 bits per heavy atom. The first kappa shape index (κ1) is 79.3. The largest absolute Gasteiger partial charge is 0.456 e. The van der Waals surface area contributed by atoms with E-state index in [1.54, 1.807) is 0 Å². The first-order valence-corrected chi connectivity index (χ1v) is 45.8. The molecule has 12 nitrogen and oxygen atoms in total. The van der Waals surface area contributed by atoms with Crippen molar-refractivity contribution in [3.8, 4) is 125 Å². The summed E-state index contributed by atoms with van der Waals surface area (Å²) in [6.45, 7) is 0. The lowest BCUT2D eigenvalue weighted by Crippen LogP contribution is -2.00. The number of nitrogens with zero attached hydrogens (tertiary/aromatic N) is 9. The van der Waals surface area contributed by atoms with E-state index in [4.69, 9.17) is 58.1 Å². The van der Waals surface area contributed by atoms with Gasteiger partial charge in [0.1, 0.15) is 33.5 Å². The van der Waals surface area contributed by atoms with Crippen LogP contribution < -0.4 is 0 Å². The number of rotatable bonds is 11. The van der Waals surface area contributed by atoms with Crippen molar-refractivity contribution in [1.82, 2.24) is 44.9 Å². The van der Waals surface area contributed by atoms with E-state index < -0.39 is 0 Å². The molecule has 0 saturated carbocycles. The molecular formula is C125H75N9O3. The Morgan fingerprint density at radius 2 is 0.328 bits per heavy atom. The first-order chi connectivity index (χ1) is 67.8. The van der Waals surface area contributed by atoms with Gasteiger partial charge < -0.3 is 13.3 Å². The molecule has 0 aliphatic rings. The molecule has 6 heterocycles. The van der Waals surface area contributed by atoms with Crippen LogP contribution in [-0.4, -0.2) is 44.9 Å². The lowest BCUT2D eigenvalue weighted by Gasteiger charge is -2.11. The highest BCUT2D eigenvalue weighted by Crippen LogP contribution is 2.45. The van der Waals surface area contributed by atoms with Crippen LogP contribution in [0.15, 0.2) is 468 Å². The number of hydrogen-bond donors (Lipinski definition) is 0. The molecule has 28 rings (SSSR count). The zero-order valence-electron chi connectivity index (χ0n) is 73.6. The minimum absolute atomic E-state index is 0.637. The molecule has 0 spiro atoms. The van der Waals surface area contributed by atoms with Gasteiger partial charge in [-0.15, -0.1) is 0 Å². The van der Waals surface area contributed by atoms with Gasteiger partial charge in [0.15, 0.2) is 52.4 Å². The van der Waals surface area contributed by atoms with Crippen molar-refractivity contribution >= 4 is 152 Å². The maximum atomic E-state index is 6.24. The highest BCUT2D eigenvalue weighted by atomic mass is 16.3. The molecule has 0 fully saturated rings. The van der Waals surface area contributed by atoms with Gasteiger partial charge in [0.25, 0.3) is 0 Å². The van der Waals surface area contributed by atoms with Gasteiger partial charge in [-0.05, 0) is 165 Å². The van der Waals surface area contributed by atoms with E-state index in [-0.39, 0.29) is 0 Å². The van der Waals surface area contributed by atoms with Gasteiger partial charge in [-0.1, -0.05) is 382 Å². The maximum Gasteiger partial charge on any atom is 0.164 e. The fourth-order valence-electron chi connectivity index (χ4n) is 19.6. The van der Waals surface area contributed by atoms with Crippen LogP contribution in [0.25, 0.3) is 277 Å². The Labute approximate surface area is 784 Å². The summed E-state index contributed by atoms with van der Waals surface area (Å²) in [5.74, 6) is 5.78. The van der Waals surface area contributed by atoms with E-state index in [9.17, 15) is 0 Å². The SMILES string of the molecule is c1ccc(-c2ccc(-c3nc(-c4ccccc4)nc(-c4ccc5c(ccc6ccc7oc8ccccc8c7c65)c4)n3)cc2)cc1.c1ccc(-c2cccc(-c3nc(-c4ccccc4)nc(-c4ccc5c(ccc6ccc7oc8ccccc8c7c65)c4)n3)c2)cc1.c1ccc2cc(-c3nc(-c4ccc5ccccc5c4)nc(-c4ccc5c(ccc6ccc7oc8ccccc8c7c65)c4)n3)ccc2c1. The summed E-state index contributed by atoms with van der Waals surface area (Å²) in [7, 11) is 0. The average molecular weight is 1750 g/mol. The van der Waals surface area contributed by atoms with Gasteiger partial charge in [0, 0.05) is 98.5 Å². The predicted octanol–water partition coefficient (Wildman–Crippen LogP) is 32.9. The second kappa shape index (κ2) is 33.3. The normalized spacial score (nSPS) is 11.6. The van der Waals surface area contributed by atoms with Crippen molar-refractivity contribution in [2.75, 3.05) is 0 Å². The molecular weight excluding hydrogens is 1680 g/mol. The third kappa shape index (κ3) is 14.6. The summed E-state index contributed by atoms with van der Waals surface area (Å²) in [5, 5.41) is 25.5. The van der Waals surface area contributed by atoms with Crippen LogP contribution in [0.3, 0.4) is 0 Å². The number of aromatic nitrogens is 9. The molecule has 638 valence electrons. The smallest absolute Gasteiger partial charge is 0.164 e. The standard InChI is InChI=1S/C43H25N3O.2C41H25N3O/c1-3-9-29-23-32(17-13-26(29)7-1)41-44-42(33-18-14-27-8-2-4-10-30(27)24-33)46-43(45-41)34-19-21-35-31(25-34)16-15-28-20-22-38-40(39(28)35)36-11-5-6-12-37(36)47-38;1-3-10-26(11-4-1)29-14-9-15-31(24-29)40-42-39(28-12-5-2-6-13-28)43-41(44-40)32-20-22-33-30(25-32)19-18-27-21-23-36-38(37(27)33)34-16-7-8-17-35(34)45-36;1-3-9-26(10-4-1)27-15-18-30(19-16-27)40-42-39(29-11-5-2-6-12-29)43-41(44-40)32-21-23-33-31(25-32)20-17-28-22-24-36-38(37(28)33)34-13-7-8-14-35(34)45-36/h1-25H;2*1-25H. The summed E-state index contributed by atoms with van der Waals surface area (Å²) in [6.07, 6.45) is 0. The summed E-state index contributed by atoms with van der Waals surface area (Å²) >= 11 is 0. The van der Waals surface area contributed by atoms with Crippen molar-refractivity contribution in [3.63, 3.8) is 0 Å². The molecule has 0 aliphatic heterocycles. The van der Waals surface area contributed by atoms with Crippen LogP contribution in [0.5, 0.6) is 0 Å². The molecule has 28 aromatic rings. The molecule has 12 heteroatoms. The molecule has 0 amide bonds. The van der Waals surface area contributed by atoms with E-state index in [1.165, 1.54) is 64.8 Å². The Hall–Kier alpha value is -18.7. The minimum Gasteiger partial charge on any atom is -0.456 e. The molecule has 0 bridgehead atoms. The lowest BCUT2D eigenvalue weighted by atomic mass is 9.96. The molecule has 0 radical (unpaired) electrons. The molecule has 0 aliphatic carbocycles. The minimum atomic E-state index is 0.637. The molecule has 6 aromatic heterocycles. The summed E-state index contributed by atoms with van der Waals surface area (Å²) < 4.78 is 18.7. The average Bonchev–Trinajstić information content (AvgIpc) is 1.64. The van der Waals surface area contributed by atoms with E-state index >= 15 is 0 Å². The summed E-state index contributed by atoms with van der Waals surface area (Å²) in [6, 6.07) is 157. The quantitative estimate of drug-likeness (QED) is 0.113. The van der Waals surface area contributed by atoms with Gasteiger partial charge >= 0.3 is 0 Å². The second-order valence-corrected chi connectivity index (χ2v) is 34.6. The Bertz CT molecular complexity index is 9590. The summed E-state index contributed by atoms with van der Waals surface area (Å²) in [4.78, 5) is 45.1. The van der Waals surface area contributed by atoms with Crippen molar-refractivity contribution in [2.24, 2.45) is 0 Å². The zero-order valence-corrected chi connectivity index (χ0v) is 73.6. The topological polar surface area (TPSA) is 155 Å². The fourth-order valence-corrected chi connectivity index (χ4v) is 19.6. The Kier molecular flexibility index (Phi) is 19.3. The van der Waals surface area contributed by atoms with Crippen molar-refractivity contribution in [2.45, 2.75) is 0 Å². The van der Waals surface area contributed by atoms with Crippen LogP contribution in [0.4, 0.5) is 0 Å². The monoisotopic (exact) mass is 1750 g/mol. The van der Waals surface area contributed by atoms with Gasteiger partial charge in [-0.3, -0.25) is 0 Å². The Balaban J connectivity index is 0.000000106. The van der Waals surface area contributed by atoms with Crippen molar-refractivity contribution < 1.29 is 13.3 Å². The highest BCUT2D eigenvalue weighted by Gasteiger charge is 2.23. The van der Waals surface area contributed by atoms with Crippen LogP contribution in [0.2, 0.25) is 0 Å². The number of hydrogen-bond acceptors (Lipinski definition) is 12. The summed E-state index contributed by atoms with van der Waals surface area (Å²) in [5.41, 5.74) is 18.5. The third-order valence-electron chi connectivity index (χ3n) is 26.3. The number of benzene rings is 22. The van der Waals surface area contributed by atoms with Gasteiger partial charge in [0.2, 0.25) is 0 Å². The van der Waals surface area contributed by atoms with Gasteiger partial charge in [-0.25, -0.2) is 44.9 Å². The molecule has 0 N–H and O–H groups in total. The van der Waals surface area contributed by atoms with Crippen LogP contribution in [0, 0.1) is 0 Å². The molecule has 137 heavy (non-hydrogen) atoms. The van der Waals surface area contributed by atoms with E-state index in [2.05, 4.69) is 346 Å². The van der Waals surface area contributed by atoms with E-state index in [0.717, 1.165) is 160 Å². The lowest BCUT2D eigenvalue weighted by molar-refractivity contribution is 0.669. The van der Waals surface area contributed by atoms with Gasteiger partial charge in [-0.2, -0.15) is 0 Å². The third-order valence-corrected chi connectivity index (χ3v) is 26.3. The molecule has 0 saturated heterocycles. The molecule has 0 unspecified atom stereocenters. The molecule has 22 aromatic carbocycles. The van der Waals surface area contributed by atoms with Crippen LogP contribution in [0.1, 0.15) is 0 Å². The zero-order chi connectivity index (χ0) is 90.4. The number of fused-ring (bicyclic) bond motifs is 23. The van der Waals surface area contributed by atoms with Gasteiger partial charge in [0.05, 0.1) is 0 Å². The van der Waals surface area contributed by atoms with E-state index in [0.29, 0.717) is 52.4 Å². The Morgan fingerprint density at radius 3 is 0.686 bits per heavy atom. The fraction of sp³-hybridized carbons (Fsp3) is 0. The van der Waals surface area contributed by atoms with Crippen molar-refractivity contribution in [1.29, 1.82) is 0 Å². The van der Waals surface area contributed by atoms with Crippen LogP contribution in [-0.2, 0) is 0 Å². The maximum absolute atomic E-state index is 6.24. The predicted molar refractivity (Wildman–Crippen MR) is 561 cm³/mol. The van der Waals surface area contributed by atoms with Crippen LogP contribution >= 0.6 is 0 Å². The number of furan rings is 3. The molecule has 0 atom stereocenters. The first-order valence-electron chi connectivity index (χ1n) is 45.8.